The molecule has 0 aliphatic carbocycles. The summed E-state index contributed by atoms with van der Waals surface area (Å²) in [6.45, 7) is 6.41. The average molecular weight is 404 g/mol. The van der Waals surface area contributed by atoms with Crippen molar-refractivity contribution in [2.24, 2.45) is 0 Å². The van der Waals surface area contributed by atoms with Gasteiger partial charge in [-0.15, -0.1) is 0 Å². The standard InChI is InChI=1S/C17H35N.CHF3O3S/c1-2-3-4-5-6-7-8-9-10-12-15-18-16-13-11-14-17-18;2-1(3,4)8(5,6)7/h2-17H2,1H3;(H,5,6,7). The number of unbranched alkanes of at least 4 members (excludes halogenated alkanes) is 9. The first-order chi connectivity index (χ1) is 12.2. The van der Waals surface area contributed by atoms with Gasteiger partial charge in [-0.3, -0.25) is 4.55 Å². The van der Waals surface area contributed by atoms with E-state index in [1.165, 1.54) is 103 Å². The Kier molecular flexibility index (Phi) is 14.5. The van der Waals surface area contributed by atoms with Gasteiger partial charge in [0.25, 0.3) is 0 Å². The zero-order valence-electron chi connectivity index (χ0n) is 16.1. The monoisotopic (exact) mass is 403 g/mol. The highest BCUT2D eigenvalue weighted by molar-refractivity contribution is 7.86. The third kappa shape index (κ3) is 14.8. The quantitative estimate of drug-likeness (QED) is 0.270. The molecule has 0 atom stereocenters. The first-order valence-corrected chi connectivity index (χ1v) is 11.4. The van der Waals surface area contributed by atoms with Crippen LogP contribution in [0.25, 0.3) is 0 Å². The number of hydrogen-bond donors (Lipinski definition) is 1. The maximum atomic E-state index is 10.7. The summed E-state index contributed by atoms with van der Waals surface area (Å²) in [6, 6.07) is 0. The molecule has 0 amide bonds. The zero-order chi connectivity index (χ0) is 19.9. The molecule has 1 fully saturated rings. The molecular formula is C18H36F3NO3S. The molecule has 0 aromatic rings. The van der Waals surface area contributed by atoms with Gasteiger partial charge in [-0.1, -0.05) is 71.1 Å². The lowest BCUT2D eigenvalue weighted by Crippen LogP contribution is -2.30. The molecule has 0 bridgehead atoms. The van der Waals surface area contributed by atoms with E-state index in [0.717, 1.165) is 0 Å². The van der Waals surface area contributed by atoms with E-state index in [-0.39, 0.29) is 0 Å². The minimum atomic E-state index is -5.84. The molecule has 0 saturated carbocycles. The van der Waals surface area contributed by atoms with Crippen LogP contribution in [0.4, 0.5) is 13.2 Å². The summed E-state index contributed by atoms with van der Waals surface area (Å²) < 4.78 is 57.5. The Morgan fingerprint density at radius 2 is 1.19 bits per heavy atom. The van der Waals surface area contributed by atoms with Crippen LogP contribution in [0.5, 0.6) is 0 Å². The topological polar surface area (TPSA) is 57.6 Å². The molecule has 0 spiro atoms. The van der Waals surface area contributed by atoms with E-state index in [4.69, 9.17) is 13.0 Å². The van der Waals surface area contributed by atoms with E-state index in [0.29, 0.717) is 0 Å². The van der Waals surface area contributed by atoms with Gasteiger partial charge >= 0.3 is 15.6 Å². The van der Waals surface area contributed by atoms with E-state index >= 15 is 0 Å². The van der Waals surface area contributed by atoms with E-state index in [1.54, 1.807) is 0 Å². The molecule has 1 aliphatic heterocycles. The molecule has 0 unspecified atom stereocenters. The Morgan fingerprint density at radius 3 is 1.58 bits per heavy atom. The Labute approximate surface area is 157 Å². The van der Waals surface area contributed by atoms with Crippen molar-refractivity contribution in [1.29, 1.82) is 0 Å². The Bertz CT molecular complexity index is 422. The zero-order valence-corrected chi connectivity index (χ0v) is 16.9. The largest absolute Gasteiger partial charge is 0.522 e. The third-order valence-corrected chi connectivity index (χ3v) is 5.15. The molecule has 1 saturated heterocycles. The number of hydrogen-bond acceptors (Lipinski definition) is 3. The normalized spacial score (nSPS) is 16.2. The van der Waals surface area contributed by atoms with Crippen LogP contribution in [0.1, 0.15) is 90.4 Å². The Morgan fingerprint density at radius 1 is 0.808 bits per heavy atom. The predicted octanol–water partition coefficient (Wildman–Crippen LogP) is 5.79. The molecule has 0 aromatic heterocycles. The average Bonchev–Trinajstić information content (AvgIpc) is 2.56. The molecule has 4 nitrogen and oxygen atoms in total. The van der Waals surface area contributed by atoms with Gasteiger partial charge in [-0.25, -0.2) is 0 Å². The van der Waals surface area contributed by atoms with Gasteiger partial charge in [0.1, 0.15) is 0 Å². The summed E-state index contributed by atoms with van der Waals surface area (Å²) in [5, 5.41) is 0. The van der Waals surface area contributed by atoms with Crippen molar-refractivity contribution in [2.45, 2.75) is 95.9 Å². The summed E-state index contributed by atoms with van der Waals surface area (Å²) in [6.07, 6.45) is 18.9. The van der Waals surface area contributed by atoms with Crippen LogP contribution in [0.2, 0.25) is 0 Å². The van der Waals surface area contributed by atoms with E-state index in [2.05, 4.69) is 11.8 Å². The van der Waals surface area contributed by atoms with Crippen LogP contribution in [0.3, 0.4) is 0 Å². The van der Waals surface area contributed by atoms with Crippen molar-refractivity contribution in [3.05, 3.63) is 0 Å². The minimum absolute atomic E-state index is 1.37. The van der Waals surface area contributed by atoms with Crippen molar-refractivity contribution in [3.8, 4) is 0 Å². The number of likely N-dealkylation sites (tertiary alicyclic amines) is 1. The molecule has 158 valence electrons. The highest BCUT2D eigenvalue weighted by Gasteiger charge is 2.44. The van der Waals surface area contributed by atoms with Gasteiger partial charge < -0.3 is 4.90 Å². The molecule has 0 radical (unpaired) electrons. The molecule has 1 heterocycles. The number of halogens is 3. The highest BCUT2D eigenvalue weighted by Crippen LogP contribution is 2.20. The van der Waals surface area contributed by atoms with Crippen molar-refractivity contribution in [2.75, 3.05) is 19.6 Å². The second-order valence-electron chi connectivity index (χ2n) is 7.01. The lowest BCUT2D eigenvalue weighted by Gasteiger charge is -2.26. The molecule has 8 heteroatoms. The van der Waals surface area contributed by atoms with Crippen LogP contribution in [-0.2, 0) is 10.1 Å². The molecular weight excluding hydrogens is 367 g/mol. The Balaban J connectivity index is 0.000000660. The predicted molar refractivity (Wildman–Crippen MR) is 99.7 cm³/mol. The van der Waals surface area contributed by atoms with Crippen molar-refractivity contribution in [1.82, 2.24) is 4.90 Å². The van der Waals surface area contributed by atoms with Crippen LogP contribution in [0.15, 0.2) is 0 Å². The van der Waals surface area contributed by atoms with Crippen LogP contribution in [-0.4, -0.2) is 43.0 Å². The van der Waals surface area contributed by atoms with Crippen molar-refractivity contribution < 1.29 is 26.1 Å². The van der Waals surface area contributed by atoms with Gasteiger partial charge in [0.2, 0.25) is 0 Å². The number of rotatable bonds is 11. The summed E-state index contributed by atoms with van der Waals surface area (Å²) in [5.74, 6) is 0. The maximum absolute atomic E-state index is 10.7. The molecule has 26 heavy (non-hydrogen) atoms. The first kappa shape index (κ1) is 25.7. The van der Waals surface area contributed by atoms with Gasteiger partial charge in [0.05, 0.1) is 0 Å². The lowest BCUT2D eigenvalue weighted by molar-refractivity contribution is -0.0510. The Hall–Kier alpha value is -0.340. The molecule has 1 rings (SSSR count). The number of nitrogens with zero attached hydrogens (tertiary/aromatic N) is 1. The van der Waals surface area contributed by atoms with Crippen LogP contribution < -0.4 is 0 Å². The summed E-state index contributed by atoms with van der Waals surface area (Å²) >= 11 is 0. The van der Waals surface area contributed by atoms with Crippen molar-refractivity contribution >= 4 is 10.1 Å². The van der Waals surface area contributed by atoms with Crippen LogP contribution >= 0.6 is 0 Å². The lowest BCUT2D eigenvalue weighted by atomic mass is 10.1. The second kappa shape index (κ2) is 14.7. The SMILES string of the molecule is CCCCCCCCCCCCN1CCCCC1.O=S(=O)(O)C(F)(F)F. The molecule has 0 aromatic carbocycles. The van der Waals surface area contributed by atoms with Gasteiger partial charge in [0.15, 0.2) is 0 Å². The summed E-state index contributed by atoms with van der Waals surface area (Å²) in [5.41, 5.74) is -5.53. The van der Waals surface area contributed by atoms with Gasteiger partial charge in [-0.2, -0.15) is 21.6 Å². The molecule has 1 N–H and O–H groups in total. The van der Waals surface area contributed by atoms with Crippen molar-refractivity contribution in [3.63, 3.8) is 0 Å². The van der Waals surface area contributed by atoms with Crippen LogP contribution in [0, 0.1) is 0 Å². The van der Waals surface area contributed by atoms with E-state index < -0.39 is 15.6 Å². The number of alkyl halides is 3. The van der Waals surface area contributed by atoms with E-state index in [1.807, 2.05) is 0 Å². The summed E-state index contributed by atoms with van der Waals surface area (Å²) in [7, 11) is -5.84. The smallest absolute Gasteiger partial charge is 0.303 e. The first-order valence-electron chi connectivity index (χ1n) is 9.94. The maximum Gasteiger partial charge on any atom is 0.522 e. The highest BCUT2D eigenvalue weighted by atomic mass is 32.2. The fourth-order valence-electron chi connectivity index (χ4n) is 3.01. The summed E-state index contributed by atoms with van der Waals surface area (Å²) in [4.78, 5) is 2.67. The fourth-order valence-corrected chi connectivity index (χ4v) is 3.01. The third-order valence-electron chi connectivity index (χ3n) is 4.57. The minimum Gasteiger partial charge on any atom is -0.303 e. The van der Waals surface area contributed by atoms with E-state index in [9.17, 15) is 13.2 Å². The molecule has 1 aliphatic rings. The van der Waals surface area contributed by atoms with Gasteiger partial charge in [0, 0.05) is 0 Å². The van der Waals surface area contributed by atoms with Gasteiger partial charge in [-0.05, 0) is 38.9 Å². The second-order valence-corrected chi connectivity index (χ2v) is 8.42. The fraction of sp³-hybridized carbons (Fsp3) is 1.00. The number of piperidine rings is 1.